The highest BCUT2D eigenvalue weighted by Crippen LogP contribution is 2.14. The summed E-state index contributed by atoms with van der Waals surface area (Å²) in [5.74, 6) is -1.57. The average molecular weight is 355 g/mol. The van der Waals surface area contributed by atoms with Crippen LogP contribution in [0.15, 0.2) is 60.8 Å². The zero-order chi connectivity index (χ0) is 17.8. The van der Waals surface area contributed by atoms with Crippen LogP contribution in [0, 0.1) is 0 Å². The van der Waals surface area contributed by atoms with Gasteiger partial charge in [-0.25, -0.2) is 4.79 Å². The molecule has 0 aliphatic rings. The molecule has 25 heavy (non-hydrogen) atoms. The lowest BCUT2D eigenvalue weighted by molar-refractivity contribution is -0.139. The van der Waals surface area contributed by atoms with E-state index in [2.05, 4.69) is 10.3 Å². The van der Waals surface area contributed by atoms with Gasteiger partial charge in [-0.3, -0.25) is 9.78 Å². The third kappa shape index (κ3) is 4.14. The van der Waals surface area contributed by atoms with Gasteiger partial charge in [-0.05, 0) is 29.8 Å². The molecule has 2 aromatic carbocycles. The molecular weight excluding hydrogens is 340 g/mol. The number of nitrogens with one attached hydrogen (secondary N) is 1. The minimum atomic E-state index is -1.10. The van der Waals surface area contributed by atoms with Crippen molar-refractivity contribution in [1.82, 2.24) is 10.3 Å². The lowest BCUT2D eigenvalue weighted by Gasteiger charge is -2.15. The Bertz CT molecular complexity index is 925. The van der Waals surface area contributed by atoms with E-state index >= 15 is 0 Å². The van der Waals surface area contributed by atoms with Gasteiger partial charge in [-0.2, -0.15) is 0 Å². The summed E-state index contributed by atoms with van der Waals surface area (Å²) < 4.78 is 0. The largest absolute Gasteiger partial charge is 0.480 e. The summed E-state index contributed by atoms with van der Waals surface area (Å²) in [6.45, 7) is 0. The number of benzene rings is 2. The van der Waals surface area contributed by atoms with E-state index in [-0.39, 0.29) is 6.42 Å². The van der Waals surface area contributed by atoms with Crippen molar-refractivity contribution in [3.63, 3.8) is 0 Å². The van der Waals surface area contributed by atoms with Crippen LogP contribution in [0.25, 0.3) is 10.9 Å². The van der Waals surface area contributed by atoms with Crippen molar-refractivity contribution in [1.29, 1.82) is 0 Å². The summed E-state index contributed by atoms with van der Waals surface area (Å²) in [4.78, 5) is 28.1. The van der Waals surface area contributed by atoms with Gasteiger partial charge in [0, 0.05) is 23.0 Å². The van der Waals surface area contributed by atoms with Gasteiger partial charge >= 0.3 is 5.97 Å². The van der Waals surface area contributed by atoms with Gasteiger partial charge in [-0.15, -0.1) is 0 Å². The van der Waals surface area contributed by atoms with Gasteiger partial charge in [0.1, 0.15) is 6.04 Å². The summed E-state index contributed by atoms with van der Waals surface area (Å²) in [6, 6.07) is 14.9. The highest BCUT2D eigenvalue weighted by Gasteiger charge is 2.21. The maximum absolute atomic E-state index is 12.4. The first-order valence-electron chi connectivity index (χ1n) is 7.66. The van der Waals surface area contributed by atoms with Crippen molar-refractivity contribution in [3.05, 3.63) is 76.9 Å². The molecule has 3 aromatic rings. The van der Waals surface area contributed by atoms with E-state index in [1.807, 2.05) is 24.3 Å². The second-order valence-corrected chi connectivity index (χ2v) is 6.05. The van der Waals surface area contributed by atoms with Crippen LogP contribution in [0.4, 0.5) is 0 Å². The number of carbonyl (C=O) groups is 2. The molecule has 0 spiro atoms. The molecule has 6 heteroatoms. The number of aliphatic carboxylic acids is 1. The van der Waals surface area contributed by atoms with Crippen molar-refractivity contribution >= 4 is 34.4 Å². The number of hydrogen-bond donors (Lipinski definition) is 2. The van der Waals surface area contributed by atoms with Gasteiger partial charge in [0.2, 0.25) is 0 Å². The van der Waals surface area contributed by atoms with Gasteiger partial charge in [0.05, 0.1) is 11.1 Å². The lowest BCUT2D eigenvalue weighted by atomic mass is 10.1. The zero-order valence-electron chi connectivity index (χ0n) is 13.1. The van der Waals surface area contributed by atoms with Gasteiger partial charge in [0.25, 0.3) is 5.91 Å². The monoisotopic (exact) mass is 354 g/mol. The van der Waals surface area contributed by atoms with Crippen molar-refractivity contribution in [2.75, 3.05) is 0 Å². The number of carbonyl (C=O) groups excluding carboxylic acids is 1. The SMILES string of the molecule is O=C(N[C@@H](Cc1ccc(Cl)cc1)C(=O)O)c1cnc2ccccc2c1. The Kier molecular flexibility index (Phi) is 4.95. The molecule has 1 amide bonds. The number of carboxylic acids is 1. The molecule has 0 aliphatic carbocycles. The number of para-hydroxylation sites is 1. The molecule has 1 atom stereocenters. The molecule has 5 nitrogen and oxygen atoms in total. The predicted molar refractivity (Wildman–Crippen MR) is 95.8 cm³/mol. The number of aromatic nitrogens is 1. The summed E-state index contributed by atoms with van der Waals surface area (Å²) in [6.07, 6.45) is 1.61. The maximum atomic E-state index is 12.4. The minimum absolute atomic E-state index is 0.166. The fraction of sp³-hybridized carbons (Fsp3) is 0.105. The number of carboxylic acid groups (broad SMARTS) is 1. The number of rotatable bonds is 5. The van der Waals surface area contributed by atoms with Crippen LogP contribution in [-0.4, -0.2) is 28.0 Å². The highest BCUT2D eigenvalue weighted by molar-refractivity contribution is 6.30. The van der Waals surface area contributed by atoms with Crippen molar-refractivity contribution in [2.45, 2.75) is 12.5 Å². The minimum Gasteiger partial charge on any atom is -0.480 e. The summed E-state index contributed by atoms with van der Waals surface area (Å²) in [5.41, 5.74) is 1.87. The Labute approximate surface area is 149 Å². The third-order valence-corrected chi connectivity index (χ3v) is 4.06. The molecule has 0 fully saturated rings. The standard InChI is InChI=1S/C19H15ClN2O3/c20-15-7-5-12(6-8-15)9-17(19(24)25)22-18(23)14-10-13-3-1-2-4-16(13)21-11-14/h1-8,10-11,17H,9H2,(H,22,23)(H,24,25)/t17-/m0/s1. The summed E-state index contributed by atoms with van der Waals surface area (Å²) in [5, 5.41) is 13.3. The van der Waals surface area contributed by atoms with E-state index in [4.69, 9.17) is 11.6 Å². The first-order valence-corrected chi connectivity index (χ1v) is 8.03. The zero-order valence-corrected chi connectivity index (χ0v) is 13.9. The number of hydrogen-bond acceptors (Lipinski definition) is 3. The van der Waals surface area contributed by atoms with Crippen LogP contribution in [-0.2, 0) is 11.2 Å². The molecular formula is C19H15ClN2O3. The van der Waals surface area contributed by atoms with E-state index < -0.39 is 17.9 Å². The number of pyridine rings is 1. The number of amides is 1. The molecule has 0 bridgehead atoms. The number of fused-ring (bicyclic) bond motifs is 1. The molecule has 2 N–H and O–H groups in total. The smallest absolute Gasteiger partial charge is 0.326 e. The summed E-state index contributed by atoms with van der Waals surface area (Å²) in [7, 11) is 0. The normalized spacial score (nSPS) is 11.9. The molecule has 0 radical (unpaired) electrons. The van der Waals surface area contributed by atoms with Crippen LogP contribution in [0.1, 0.15) is 15.9 Å². The fourth-order valence-electron chi connectivity index (χ4n) is 2.49. The Hall–Kier alpha value is -2.92. The predicted octanol–water partition coefficient (Wildman–Crippen LogP) is 3.31. The van der Waals surface area contributed by atoms with E-state index in [9.17, 15) is 14.7 Å². The first kappa shape index (κ1) is 16.9. The van der Waals surface area contributed by atoms with Crippen LogP contribution >= 0.6 is 11.6 Å². The molecule has 0 unspecified atom stereocenters. The first-order chi connectivity index (χ1) is 12.0. The summed E-state index contributed by atoms with van der Waals surface area (Å²) >= 11 is 5.83. The van der Waals surface area contributed by atoms with Crippen LogP contribution in [0.5, 0.6) is 0 Å². The van der Waals surface area contributed by atoms with Gasteiger partial charge in [-0.1, -0.05) is 41.9 Å². The molecule has 3 rings (SSSR count). The van der Waals surface area contributed by atoms with Gasteiger partial charge < -0.3 is 10.4 Å². The van der Waals surface area contributed by atoms with Crippen molar-refractivity contribution in [2.24, 2.45) is 0 Å². The fourth-order valence-corrected chi connectivity index (χ4v) is 2.62. The Morgan fingerprint density at radius 3 is 2.56 bits per heavy atom. The van der Waals surface area contributed by atoms with Crippen LogP contribution in [0.3, 0.4) is 0 Å². The number of halogens is 1. The van der Waals surface area contributed by atoms with Crippen LogP contribution in [0.2, 0.25) is 5.02 Å². The topological polar surface area (TPSA) is 79.3 Å². The molecule has 0 aliphatic heterocycles. The molecule has 126 valence electrons. The molecule has 0 saturated heterocycles. The van der Waals surface area contributed by atoms with Crippen LogP contribution < -0.4 is 5.32 Å². The Balaban J connectivity index is 1.77. The Morgan fingerprint density at radius 2 is 1.84 bits per heavy atom. The number of nitrogens with zero attached hydrogens (tertiary/aromatic N) is 1. The van der Waals surface area contributed by atoms with Crippen molar-refractivity contribution in [3.8, 4) is 0 Å². The van der Waals surface area contributed by atoms with E-state index in [0.29, 0.717) is 10.6 Å². The quantitative estimate of drug-likeness (QED) is 0.736. The van der Waals surface area contributed by atoms with E-state index in [1.165, 1.54) is 6.20 Å². The van der Waals surface area contributed by atoms with E-state index in [1.54, 1.807) is 30.3 Å². The second-order valence-electron chi connectivity index (χ2n) is 5.61. The van der Waals surface area contributed by atoms with E-state index in [0.717, 1.165) is 16.5 Å². The molecule has 1 aromatic heterocycles. The molecule has 1 heterocycles. The lowest BCUT2D eigenvalue weighted by Crippen LogP contribution is -2.42. The maximum Gasteiger partial charge on any atom is 0.326 e. The van der Waals surface area contributed by atoms with Gasteiger partial charge in [0.15, 0.2) is 0 Å². The second kappa shape index (κ2) is 7.32. The Morgan fingerprint density at radius 1 is 1.12 bits per heavy atom. The molecule has 0 saturated carbocycles. The third-order valence-electron chi connectivity index (χ3n) is 3.81. The van der Waals surface area contributed by atoms with Crippen molar-refractivity contribution < 1.29 is 14.7 Å². The highest BCUT2D eigenvalue weighted by atomic mass is 35.5. The average Bonchev–Trinajstić information content (AvgIpc) is 2.62.